The van der Waals surface area contributed by atoms with E-state index in [1.165, 1.54) is 0 Å². The Bertz CT molecular complexity index is 478. The maximum absolute atomic E-state index is 12.0. The number of benzene rings is 1. The van der Waals surface area contributed by atoms with Crippen LogP contribution >= 0.6 is 23.8 Å². The van der Waals surface area contributed by atoms with E-state index < -0.39 is 12.1 Å². The molecule has 0 aliphatic carbocycles. The van der Waals surface area contributed by atoms with Crippen molar-refractivity contribution in [2.45, 2.75) is 6.36 Å². The number of thiocarbonyl (C=S) groups is 1. The largest absolute Gasteiger partial charge is 0.573 e. The summed E-state index contributed by atoms with van der Waals surface area (Å²) in [5.41, 5.74) is 0.257. The van der Waals surface area contributed by atoms with Gasteiger partial charge in [-0.1, -0.05) is 23.8 Å². The Hall–Kier alpha value is -1.21. The van der Waals surface area contributed by atoms with Crippen molar-refractivity contribution in [2.75, 3.05) is 11.9 Å². The zero-order chi connectivity index (χ0) is 12.6. The van der Waals surface area contributed by atoms with Crippen molar-refractivity contribution in [3.8, 4) is 11.5 Å². The predicted molar refractivity (Wildman–Crippen MR) is 59.9 cm³/mol. The van der Waals surface area contributed by atoms with Crippen molar-refractivity contribution >= 4 is 34.5 Å². The Morgan fingerprint density at radius 1 is 1.41 bits per heavy atom. The van der Waals surface area contributed by atoms with Crippen LogP contribution in [0, 0.1) is 0 Å². The summed E-state index contributed by atoms with van der Waals surface area (Å²) < 4.78 is 45.1. The summed E-state index contributed by atoms with van der Waals surface area (Å²) in [5, 5.41) is 2.73. The molecule has 1 aliphatic heterocycles. The molecule has 2 rings (SSSR count). The van der Waals surface area contributed by atoms with Gasteiger partial charge in [0.05, 0.1) is 10.7 Å². The third kappa shape index (κ3) is 2.92. The molecule has 1 aliphatic rings. The number of alkyl halides is 3. The van der Waals surface area contributed by atoms with Crippen LogP contribution in [0.5, 0.6) is 11.5 Å². The minimum atomic E-state index is -4.77. The lowest BCUT2D eigenvalue weighted by Gasteiger charge is -2.21. The Balaban J connectivity index is 2.35. The van der Waals surface area contributed by atoms with E-state index in [2.05, 4.69) is 10.1 Å². The van der Waals surface area contributed by atoms with Crippen molar-refractivity contribution in [3.05, 3.63) is 17.2 Å². The molecular formula is C9H5ClF3NO2S. The molecule has 0 spiro atoms. The molecule has 0 aromatic heterocycles. The van der Waals surface area contributed by atoms with Crippen LogP contribution in [0.2, 0.25) is 5.02 Å². The van der Waals surface area contributed by atoms with Crippen LogP contribution in [0.3, 0.4) is 0 Å². The quantitative estimate of drug-likeness (QED) is 0.801. The third-order valence-electron chi connectivity index (χ3n) is 1.87. The number of nitrogens with one attached hydrogen (secondary N) is 1. The highest BCUT2D eigenvalue weighted by Gasteiger charge is 2.32. The summed E-state index contributed by atoms with van der Waals surface area (Å²) >= 11 is 10.6. The van der Waals surface area contributed by atoms with Gasteiger partial charge < -0.3 is 14.8 Å². The smallest absolute Gasteiger partial charge is 0.483 e. The highest BCUT2D eigenvalue weighted by Crippen LogP contribution is 2.40. The first-order valence-corrected chi connectivity index (χ1v) is 5.16. The number of fused-ring (bicyclic) bond motifs is 1. The summed E-state index contributed by atoms with van der Waals surface area (Å²) in [6.07, 6.45) is -4.77. The van der Waals surface area contributed by atoms with Crippen LogP contribution in [0.1, 0.15) is 0 Å². The SMILES string of the molecule is FC(F)(F)Oc1cc(Cl)c2c(c1)NC(=S)CO2. The van der Waals surface area contributed by atoms with Gasteiger partial charge in [0.1, 0.15) is 17.3 Å². The van der Waals surface area contributed by atoms with Crippen LogP contribution < -0.4 is 14.8 Å². The lowest BCUT2D eigenvalue weighted by molar-refractivity contribution is -0.274. The van der Waals surface area contributed by atoms with E-state index in [4.69, 9.17) is 28.6 Å². The predicted octanol–water partition coefficient (Wildman–Crippen LogP) is 3.37. The van der Waals surface area contributed by atoms with Gasteiger partial charge in [-0.15, -0.1) is 13.2 Å². The Morgan fingerprint density at radius 3 is 2.76 bits per heavy atom. The zero-order valence-corrected chi connectivity index (χ0v) is 9.67. The molecule has 1 N–H and O–H groups in total. The number of ether oxygens (including phenoxy) is 2. The van der Waals surface area contributed by atoms with Crippen LogP contribution in [0.15, 0.2) is 12.1 Å². The first-order chi connectivity index (χ1) is 7.85. The molecule has 92 valence electrons. The van der Waals surface area contributed by atoms with Gasteiger partial charge in [-0.2, -0.15) is 0 Å². The highest BCUT2D eigenvalue weighted by molar-refractivity contribution is 7.80. The van der Waals surface area contributed by atoms with Crippen molar-refractivity contribution in [1.82, 2.24) is 0 Å². The normalized spacial score (nSPS) is 14.7. The van der Waals surface area contributed by atoms with Gasteiger partial charge in [-0.3, -0.25) is 0 Å². The molecule has 0 saturated heterocycles. The van der Waals surface area contributed by atoms with Gasteiger partial charge in [0.25, 0.3) is 0 Å². The molecule has 0 atom stereocenters. The van der Waals surface area contributed by atoms with E-state index in [1.807, 2.05) is 0 Å². The second kappa shape index (κ2) is 4.23. The molecule has 8 heteroatoms. The Labute approximate surface area is 104 Å². The van der Waals surface area contributed by atoms with Gasteiger partial charge in [0.15, 0.2) is 5.75 Å². The lowest BCUT2D eigenvalue weighted by Crippen LogP contribution is -2.24. The Kier molecular flexibility index (Phi) is 3.05. The number of hydrogen-bond donors (Lipinski definition) is 1. The van der Waals surface area contributed by atoms with E-state index >= 15 is 0 Å². The molecule has 0 fully saturated rings. The van der Waals surface area contributed by atoms with E-state index in [0.717, 1.165) is 12.1 Å². The molecule has 0 saturated carbocycles. The number of hydrogen-bond acceptors (Lipinski definition) is 3. The highest BCUT2D eigenvalue weighted by atomic mass is 35.5. The molecule has 1 aromatic rings. The van der Waals surface area contributed by atoms with Crippen molar-refractivity contribution in [2.24, 2.45) is 0 Å². The fraction of sp³-hybridized carbons (Fsp3) is 0.222. The van der Waals surface area contributed by atoms with E-state index in [0.29, 0.717) is 4.99 Å². The molecule has 0 radical (unpaired) electrons. The van der Waals surface area contributed by atoms with E-state index in [9.17, 15) is 13.2 Å². The minimum absolute atomic E-state index is 0.0248. The number of anilines is 1. The minimum Gasteiger partial charge on any atom is -0.483 e. The summed E-state index contributed by atoms with van der Waals surface area (Å²) in [4.78, 5) is 0.359. The lowest BCUT2D eigenvalue weighted by atomic mass is 10.2. The fourth-order valence-electron chi connectivity index (χ4n) is 1.32. The first kappa shape index (κ1) is 12.3. The summed E-state index contributed by atoms with van der Waals surface area (Å²) in [7, 11) is 0. The van der Waals surface area contributed by atoms with E-state index in [1.54, 1.807) is 0 Å². The second-order valence-corrected chi connectivity index (χ2v) is 4.07. The first-order valence-electron chi connectivity index (χ1n) is 4.37. The molecular weight excluding hydrogens is 279 g/mol. The van der Waals surface area contributed by atoms with Crippen LogP contribution in [0.25, 0.3) is 0 Å². The third-order valence-corrected chi connectivity index (χ3v) is 2.37. The van der Waals surface area contributed by atoms with Crippen LogP contribution in [0.4, 0.5) is 18.9 Å². The average molecular weight is 284 g/mol. The summed E-state index contributed by atoms with van der Waals surface area (Å²) in [6.45, 7) is 0.140. The molecule has 1 aromatic carbocycles. The zero-order valence-electron chi connectivity index (χ0n) is 8.10. The standard InChI is InChI=1S/C9H5ClF3NO2S/c10-5-1-4(16-9(11,12)13)2-6-8(5)15-3-7(17)14-6/h1-2H,3H2,(H,14,17). The van der Waals surface area contributed by atoms with Gasteiger partial charge in [0, 0.05) is 12.1 Å². The average Bonchev–Trinajstić information content (AvgIpc) is 2.13. The molecule has 17 heavy (non-hydrogen) atoms. The van der Waals surface area contributed by atoms with Gasteiger partial charge in [-0.05, 0) is 0 Å². The molecule has 3 nitrogen and oxygen atoms in total. The topological polar surface area (TPSA) is 30.5 Å². The molecule has 0 bridgehead atoms. The molecule has 0 unspecified atom stereocenters. The summed E-state index contributed by atoms with van der Waals surface area (Å²) in [5.74, 6) is -0.170. The second-order valence-electron chi connectivity index (χ2n) is 3.17. The van der Waals surface area contributed by atoms with Crippen LogP contribution in [-0.4, -0.2) is 18.0 Å². The Morgan fingerprint density at radius 2 is 2.12 bits per heavy atom. The van der Waals surface area contributed by atoms with Crippen LogP contribution in [-0.2, 0) is 0 Å². The van der Waals surface area contributed by atoms with E-state index in [-0.39, 0.29) is 23.1 Å². The fourth-order valence-corrected chi connectivity index (χ4v) is 1.76. The van der Waals surface area contributed by atoms with Gasteiger partial charge in [0.2, 0.25) is 0 Å². The molecule has 0 amide bonds. The maximum atomic E-state index is 12.0. The summed E-state index contributed by atoms with van der Waals surface area (Å²) in [6, 6.07) is 2.16. The van der Waals surface area contributed by atoms with Crippen molar-refractivity contribution < 1.29 is 22.6 Å². The number of rotatable bonds is 1. The monoisotopic (exact) mass is 283 g/mol. The maximum Gasteiger partial charge on any atom is 0.573 e. The van der Waals surface area contributed by atoms with Crippen molar-refractivity contribution in [3.63, 3.8) is 0 Å². The van der Waals surface area contributed by atoms with Gasteiger partial charge >= 0.3 is 6.36 Å². The van der Waals surface area contributed by atoms with Gasteiger partial charge in [-0.25, -0.2) is 0 Å². The number of halogens is 4. The van der Waals surface area contributed by atoms with Crippen molar-refractivity contribution in [1.29, 1.82) is 0 Å². The molecule has 1 heterocycles.